The summed E-state index contributed by atoms with van der Waals surface area (Å²) in [6.45, 7) is 0. The van der Waals surface area contributed by atoms with E-state index in [0.717, 1.165) is 59.5 Å². The normalized spacial score (nSPS) is 23.6. The van der Waals surface area contributed by atoms with E-state index >= 15 is 0 Å². The summed E-state index contributed by atoms with van der Waals surface area (Å²) in [5.74, 6) is 1.21. The van der Waals surface area contributed by atoms with Gasteiger partial charge in [0.25, 0.3) is 0 Å². The molecule has 1 saturated carbocycles. The summed E-state index contributed by atoms with van der Waals surface area (Å²) in [4.78, 5) is 20.4. The third-order valence-electron chi connectivity index (χ3n) is 6.18. The molecule has 1 unspecified atom stereocenters. The summed E-state index contributed by atoms with van der Waals surface area (Å²) >= 11 is 0. The number of aromatic amines is 1. The van der Waals surface area contributed by atoms with Gasteiger partial charge in [0.15, 0.2) is 0 Å². The summed E-state index contributed by atoms with van der Waals surface area (Å²) in [5, 5.41) is 4.34. The molecule has 0 radical (unpaired) electrons. The molecule has 1 aliphatic carbocycles. The van der Waals surface area contributed by atoms with Gasteiger partial charge in [0, 0.05) is 29.2 Å². The number of nitrogens with one attached hydrogen (secondary N) is 2. The molecular weight excluding hydrogens is 366 g/mol. The highest BCUT2D eigenvalue weighted by Gasteiger charge is 2.33. The standard InChI is InChI=1S/C22H25N5O2/c1-29-22(28)14-8-6-13(7-9-14)21-26-18(19-20(23)24-10-11-27(19)21)17-12-15-4-2-3-5-16(15)25-17/h2-5,10-14,20,24-25H,6-9,23H2,1H3. The van der Waals surface area contributed by atoms with Crippen LogP contribution in [0.2, 0.25) is 0 Å². The molecule has 0 saturated heterocycles. The lowest BCUT2D eigenvalue weighted by atomic mass is 9.81. The number of hydrogen-bond donors (Lipinski definition) is 3. The molecule has 7 heteroatoms. The van der Waals surface area contributed by atoms with E-state index in [2.05, 4.69) is 33.1 Å². The molecule has 1 aliphatic heterocycles. The molecule has 4 N–H and O–H groups in total. The van der Waals surface area contributed by atoms with Crippen LogP contribution in [0.3, 0.4) is 0 Å². The Morgan fingerprint density at radius 3 is 2.79 bits per heavy atom. The lowest BCUT2D eigenvalue weighted by molar-refractivity contribution is -0.146. The fourth-order valence-corrected chi connectivity index (χ4v) is 4.66. The Morgan fingerprint density at radius 1 is 1.24 bits per heavy atom. The van der Waals surface area contributed by atoms with Gasteiger partial charge in [-0.25, -0.2) is 4.98 Å². The first-order chi connectivity index (χ1) is 14.2. The average molecular weight is 391 g/mol. The second-order valence-corrected chi connectivity index (χ2v) is 7.88. The molecule has 2 aliphatic rings. The number of benzene rings is 1. The Morgan fingerprint density at radius 2 is 2.03 bits per heavy atom. The zero-order valence-corrected chi connectivity index (χ0v) is 16.4. The van der Waals surface area contributed by atoms with Crippen LogP contribution in [0.1, 0.15) is 49.3 Å². The maximum atomic E-state index is 11.9. The van der Waals surface area contributed by atoms with Crippen molar-refractivity contribution in [2.24, 2.45) is 11.7 Å². The summed E-state index contributed by atoms with van der Waals surface area (Å²) in [5.41, 5.74) is 10.3. The van der Waals surface area contributed by atoms with Crippen LogP contribution < -0.4 is 11.1 Å². The highest BCUT2D eigenvalue weighted by molar-refractivity contribution is 5.85. The monoisotopic (exact) mass is 391 g/mol. The highest BCUT2D eigenvalue weighted by atomic mass is 16.5. The maximum Gasteiger partial charge on any atom is 0.308 e. The molecule has 2 aromatic heterocycles. The molecule has 0 spiro atoms. The van der Waals surface area contributed by atoms with Crippen molar-refractivity contribution >= 4 is 23.1 Å². The number of aromatic nitrogens is 3. The van der Waals surface area contributed by atoms with E-state index in [9.17, 15) is 4.79 Å². The molecule has 3 heterocycles. The van der Waals surface area contributed by atoms with Crippen LogP contribution in [0.15, 0.2) is 36.5 Å². The smallest absolute Gasteiger partial charge is 0.308 e. The quantitative estimate of drug-likeness (QED) is 0.594. The van der Waals surface area contributed by atoms with Gasteiger partial charge in [-0.05, 0) is 37.8 Å². The van der Waals surface area contributed by atoms with Gasteiger partial charge in [0.2, 0.25) is 0 Å². The van der Waals surface area contributed by atoms with E-state index in [1.165, 1.54) is 7.11 Å². The topological polar surface area (TPSA) is 98.0 Å². The van der Waals surface area contributed by atoms with Gasteiger partial charge in [0.1, 0.15) is 17.7 Å². The lowest BCUT2D eigenvalue weighted by Crippen LogP contribution is -2.30. The minimum absolute atomic E-state index is 0.000295. The minimum atomic E-state index is -0.325. The van der Waals surface area contributed by atoms with Crippen LogP contribution in [0.25, 0.3) is 28.5 Å². The Labute approximate surface area is 168 Å². The van der Waals surface area contributed by atoms with Crippen molar-refractivity contribution < 1.29 is 9.53 Å². The molecule has 1 fully saturated rings. The summed E-state index contributed by atoms with van der Waals surface area (Å²) in [6.07, 6.45) is 7.04. The van der Waals surface area contributed by atoms with Crippen molar-refractivity contribution in [2.75, 3.05) is 7.11 Å². The Bertz CT molecular complexity index is 1060. The average Bonchev–Trinajstić information content (AvgIpc) is 3.35. The molecule has 29 heavy (non-hydrogen) atoms. The van der Waals surface area contributed by atoms with E-state index in [0.29, 0.717) is 5.92 Å². The Hall–Kier alpha value is -3.06. The number of para-hydroxylation sites is 1. The van der Waals surface area contributed by atoms with Gasteiger partial charge >= 0.3 is 5.97 Å². The number of ether oxygens (including phenoxy) is 1. The number of hydrogen-bond acceptors (Lipinski definition) is 5. The van der Waals surface area contributed by atoms with Gasteiger partial charge in [-0.1, -0.05) is 18.2 Å². The number of carbonyl (C=O) groups excluding carboxylic acids is 1. The number of fused-ring (bicyclic) bond motifs is 2. The summed E-state index contributed by atoms with van der Waals surface area (Å²) in [7, 11) is 1.46. The second-order valence-electron chi connectivity index (χ2n) is 7.88. The van der Waals surface area contributed by atoms with Crippen molar-refractivity contribution in [1.82, 2.24) is 19.9 Å². The number of carbonyl (C=O) groups is 1. The number of nitrogens with zero attached hydrogens (tertiary/aromatic N) is 2. The molecule has 5 rings (SSSR count). The van der Waals surface area contributed by atoms with E-state index in [-0.39, 0.29) is 18.1 Å². The Kier molecular flexibility index (Phi) is 4.39. The predicted molar refractivity (Wildman–Crippen MR) is 112 cm³/mol. The van der Waals surface area contributed by atoms with Crippen LogP contribution in [0, 0.1) is 5.92 Å². The van der Waals surface area contributed by atoms with Crippen molar-refractivity contribution in [3.8, 4) is 11.4 Å². The molecule has 0 bridgehead atoms. The number of imidazole rings is 1. The van der Waals surface area contributed by atoms with Crippen molar-refractivity contribution in [1.29, 1.82) is 0 Å². The molecule has 3 aromatic rings. The number of esters is 1. The zero-order valence-electron chi connectivity index (χ0n) is 16.4. The lowest BCUT2D eigenvalue weighted by Gasteiger charge is -2.27. The van der Waals surface area contributed by atoms with E-state index in [4.69, 9.17) is 15.5 Å². The highest BCUT2D eigenvalue weighted by Crippen LogP contribution is 2.39. The van der Waals surface area contributed by atoms with Crippen LogP contribution in [0.4, 0.5) is 0 Å². The van der Waals surface area contributed by atoms with Crippen LogP contribution in [0.5, 0.6) is 0 Å². The van der Waals surface area contributed by atoms with Crippen molar-refractivity contribution in [3.63, 3.8) is 0 Å². The second kappa shape index (κ2) is 7.08. The largest absolute Gasteiger partial charge is 0.469 e. The van der Waals surface area contributed by atoms with Crippen LogP contribution in [-0.4, -0.2) is 27.6 Å². The SMILES string of the molecule is COC(=O)C1CCC(c2nc(-c3cc4ccccc4[nH]3)c3n2C=CNC3N)CC1. The summed E-state index contributed by atoms with van der Waals surface area (Å²) in [6, 6.07) is 10.3. The van der Waals surface area contributed by atoms with Crippen LogP contribution in [-0.2, 0) is 9.53 Å². The minimum Gasteiger partial charge on any atom is -0.469 e. The molecule has 150 valence electrons. The zero-order chi connectivity index (χ0) is 20.0. The Balaban J connectivity index is 1.53. The van der Waals surface area contributed by atoms with Crippen LogP contribution >= 0.6 is 0 Å². The van der Waals surface area contributed by atoms with Gasteiger partial charge in [0.05, 0.1) is 24.4 Å². The van der Waals surface area contributed by atoms with E-state index < -0.39 is 0 Å². The fourth-order valence-electron chi connectivity index (χ4n) is 4.66. The molecular formula is C22H25N5O2. The first-order valence-corrected chi connectivity index (χ1v) is 10.1. The third-order valence-corrected chi connectivity index (χ3v) is 6.18. The first kappa shape index (κ1) is 18.0. The van der Waals surface area contributed by atoms with E-state index in [1.54, 1.807) is 0 Å². The first-order valence-electron chi connectivity index (χ1n) is 10.1. The fraction of sp³-hybridized carbons (Fsp3) is 0.364. The molecule has 7 nitrogen and oxygen atoms in total. The van der Waals surface area contributed by atoms with E-state index in [1.807, 2.05) is 24.5 Å². The van der Waals surface area contributed by atoms with Crippen molar-refractivity contribution in [3.05, 3.63) is 48.1 Å². The van der Waals surface area contributed by atoms with Gasteiger partial charge in [-0.15, -0.1) is 0 Å². The number of H-pyrrole nitrogens is 1. The number of nitrogens with two attached hydrogens (primary N) is 1. The summed E-state index contributed by atoms with van der Waals surface area (Å²) < 4.78 is 7.06. The van der Waals surface area contributed by atoms with Gasteiger partial charge < -0.3 is 25.3 Å². The predicted octanol–water partition coefficient (Wildman–Crippen LogP) is 3.47. The maximum absolute atomic E-state index is 11.9. The number of methoxy groups -OCH3 is 1. The molecule has 0 amide bonds. The van der Waals surface area contributed by atoms with Gasteiger partial charge in [-0.2, -0.15) is 0 Å². The molecule has 1 atom stereocenters. The third kappa shape index (κ3) is 3.02. The molecule has 1 aromatic carbocycles. The van der Waals surface area contributed by atoms with Gasteiger partial charge in [-0.3, -0.25) is 4.79 Å². The number of rotatable bonds is 3. The van der Waals surface area contributed by atoms with Crippen molar-refractivity contribution in [2.45, 2.75) is 37.8 Å².